The first-order valence-corrected chi connectivity index (χ1v) is 32.2. The number of rotatable bonds is 13. The first-order chi connectivity index (χ1) is 45.3. The van der Waals surface area contributed by atoms with E-state index in [1.165, 1.54) is 44.7 Å². The molecule has 0 aliphatic rings. The molecule has 0 bridgehead atoms. The van der Waals surface area contributed by atoms with Crippen LogP contribution in [0.15, 0.2) is 291 Å². The van der Waals surface area contributed by atoms with Crippen LogP contribution in [0.2, 0.25) is 0 Å². The summed E-state index contributed by atoms with van der Waals surface area (Å²) in [4.78, 5) is 6.42. The van der Waals surface area contributed by atoms with Crippen molar-refractivity contribution in [3.8, 4) is 45.1 Å². The van der Waals surface area contributed by atoms with Crippen molar-refractivity contribution in [3.63, 3.8) is 0 Å². The minimum absolute atomic E-state index is 0.00914. The van der Waals surface area contributed by atoms with Crippen LogP contribution < -0.4 is 4.90 Å². The van der Waals surface area contributed by atoms with Crippen molar-refractivity contribution in [2.24, 2.45) is 0 Å². The summed E-state index contributed by atoms with van der Waals surface area (Å²) < 4.78 is 12.5. The Morgan fingerprint density at radius 3 is 1.24 bits per heavy atom. The molecule has 0 aliphatic carbocycles. The lowest BCUT2D eigenvalue weighted by Crippen LogP contribution is -2.10. The quantitative estimate of drug-likeness (QED) is 0.0656. The number of benzene rings is 12. The van der Waals surface area contributed by atoms with Gasteiger partial charge in [0.1, 0.15) is 17.1 Å². The van der Waals surface area contributed by atoms with Gasteiger partial charge < -0.3 is 9.47 Å². The lowest BCUT2D eigenvalue weighted by atomic mass is 9.85. The molecule has 0 saturated heterocycles. The summed E-state index contributed by atoms with van der Waals surface area (Å²) in [7, 11) is 0. The van der Waals surface area contributed by atoms with Crippen LogP contribution in [0.25, 0.3) is 99.2 Å². The maximum absolute atomic E-state index is 10.8. The lowest BCUT2D eigenvalue weighted by Gasteiger charge is -2.26. The molecule has 0 N–H and O–H groups in total. The van der Waals surface area contributed by atoms with Crippen molar-refractivity contribution >= 4 is 84.0 Å². The van der Waals surface area contributed by atoms with Crippen LogP contribution in [0.1, 0.15) is 86.1 Å². The second-order valence-electron chi connectivity index (χ2n) is 25.7. The van der Waals surface area contributed by atoms with Gasteiger partial charge in [0.15, 0.2) is 0 Å². The highest BCUT2D eigenvalue weighted by Crippen LogP contribution is 2.45. The van der Waals surface area contributed by atoms with Gasteiger partial charge >= 0.3 is 0 Å². The van der Waals surface area contributed by atoms with E-state index in [1.54, 1.807) is 0 Å². The highest BCUT2D eigenvalue weighted by molar-refractivity contribution is 7.00. The Morgan fingerprint density at radius 1 is 0.419 bits per heavy atom. The molecule has 2 aromatic heterocycles. The largest absolute Gasteiger partial charge is 0.309 e. The van der Waals surface area contributed by atoms with Gasteiger partial charge in [-0.15, -0.1) is 0 Å². The molecule has 0 aliphatic heterocycles. The minimum Gasteiger partial charge on any atom is -0.309 e. The molecule has 0 atom stereocenters. The van der Waals surface area contributed by atoms with Gasteiger partial charge in [-0.3, -0.25) is 0 Å². The summed E-state index contributed by atoms with van der Waals surface area (Å²) in [6.45, 7) is 22.1. The van der Waals surface area contributed by atoms with Crippen molar-refractivity contribution in [2.75, 3.05) is 4.90 Å². The van der Waals surface area contributed by atoms with Crippen molar-refractivity contribution in [1.82, 2.24) is 13.3 Å². The molecule has 6 nitrogen and oxygen atoms in total. The Balaban J connectivity index is 0.828. The monoisotopic (exact) mass is 1210 g/mol. The molecular formula is C86H66N6S. The van der Waals surface area contributed by atoms with Gasteiger partial charge in [-0.2, -0.15) is 14.0 Å². The molecule has 0 spiro atoms. The average molecular weight is 1220 g/mol. The van der Waals surface area contributed by atoms with Gasteiger partial charge in [0.05, 0.1) is 40.6 Å². The van der Waals surface area contributed by atoms with Crippen LogP contribution in [-0.2, 0) is 10.8 Å². The zero-order chi connectivity index (χ0) is 63.8. The second kappa shape index (κ2) is 24.7. The minimum atomic E-state index is 0.00914. The smallest absolute Gasteiger partial charge is 0.202 e. The van der Waals surface area contributed by atoms with Crippen LogP contribution in [-0.4, -0.2) is 13.3 Å². The molecular weight excluding hydrogens is 1150 g/mol. The van der Waals surface area contributed by atoms with Gasteiger partial charge in [0.2, 0.25) is 5.70 Å². The topological polar surface area (TPSA) is 62.1 Å². The molecule has 12 aromatic carbocycles. The highest BCUT2D eigenvalue weighted by Gasteiger charge is 2.25. The van der Waals surface area contributed by atoms with Crippen LogP contribution in [0, 0.1) is 17.9 Å². The number of nitrogens with zero attached hydrogens (tertiary/aromatic N) is 6. The summed E-state index contributed by atoms with van der Waals surface area (Å²) in [5.41, 5.74) is 25.5. The normalized spacial score (nSPS) is 11.5. The molecule has 2 heterocycles. The molecule has 7 heteroatoms. The van der Waals surface area contributed by atoms with Crippen LogP contribution in [0.5, 0.6) is 0 Å². The fourth-order valence-corrected chi connectivity index (χ4v) is 13.4. The highest BCUT2D eigenvalue weighted by atomic mass is 32.1. The number of hydrogen-bond acceptors (Lipinski definition) is 5. The van der Waals surface area contributed by atoms with Crippen LogP contribution in [0.4, 0.5) is 17.1 Å². The number of fused-ring (bicyclic) bond motifs is 4. The molecule has 14 rings (SSSR count). The van der Waals surface area contributed by atoms with Crippen LogP contribution in [0.3, 0.4) is 0 Å². The summed E-state index contributed by atoms with van der Waals surface area (Å²) in [5.74, 6) is 0. The maximum atomic E-state index is 10.8. The number of allylic oxidation sites excluding steroid dienone is 1. The maximum Gasteiger partial charge on any atom is 0.202 e. The average Bonchev–Trinajstić information content (AvgIpc) is 1.60. The Bertz CT molecular complexity index is 4860. The standard InChI is InChI=1S/C86H66N6S/c1-85(2,3)68-42-51-77-74(54-68)75-55-69(86(4,5)6)43-52-78(75)92(77)72-48-40-61(41-49-72)73-50-53-79(84-83(73)89-93-90-84)91(70-44-36-59(37-45-70)57-28-32-62(33-29-57)76(56-87)80(63-20-12-8-13-21-63)64-22-14-9-15-23-64)71-46-38-60(39-47-71)58-30-34-67(35-31-58)82(88-7)81(65-24-16-10-17-25-65)66-26-18-11-19-27-66/h8-55H,1-6H3. The Morgan fingerprint density at radius 2 is 0.817 bits per heavy atom. The molecule has 0 radical (unpaired) electrons. The first-order valence-electron chi connectivity index (χ1n) is 31.5. The summed E-state index contributed by atoms with van der Waals surface area (Å²) in [6.07, 6.45) is 0. The van der Waals surface area contributed by atoms with Crippen LogP contribution >= 0.6 is 11.7 Å². The Labute approximate surface area is 548 Å². The van der Waals surface area contributed by atoms with Gasteiger partial charge in [-0.25, -0.2) is 4.85 Å². The van der Waals surface area contributed by atoms with Gasteiger partial charge in [-0.05, 0) is 162 Å². The zero-order valence-corrected chi connectivity index (χ0v) is 53.6. The fourth-order valence-electron chi connectivity index (χ4n) is 12.8. The third-order valence-electron chi connectivity index (χ3n) is 17.8. The van der Waals surface area contributed by atoms with Crippen molar-refractivity contribution in [2.45, 2.75) is 52.4 Å². The molecule has 93 heavy (non-hydrogen) atoms. The Hall–Kier alpha value is -11.5. The molecule has 0 amide bonds. The van der Waals surface area contributed by atoms with Gasteiger partial charge in [-0.1, -0.05) is 260 Å². The zero-order valence-electron chi connectivity index (χ0n) is 52.8. The lowest BCUT2D eigenvalue weighted by molar-refractivity contribution is 0.590. The van der Waals surface area contributed by atoms with Gasteiger partial charge in [0, 0.05) is 39.0 Å². The van der Waals surface area contributed by atoms with E-state index in [2.05, 4.69) is 280 Å². The number of anilines is 3. The van der Waals surface area contributed by atoms with E-state index in [1.807, 2.05) is 72.8 Å². The van der Waals surface area contributed by atoms with Crippen molar-refractivity contribution in [1.29, 1.82) is 5.26 Å². The van der Waals surface area contributed by atoms with Gasteiger partial charge in [0.25, 0.3) is 0 Å². The molecule has 0 saturated carbocycles. The first kappa shape index (κ1) is 59.2. The van der Waals surface area contributed by atoms with Crippen molar-refractivity contribution < 1.29 is 0 Å². The van der Waals surface area contributed by atoms with E-state index in [-0.39, 0.29) is 10.8 Å². The number of nitriles is 1. The fraction of sp³-hybridized carbons (Fsp3) is 0.0930. The number of hydrogen-bond donors (Lipinski definition) is 0. The Kier molecular flexibility index (Phi) is 15.7. The predicted octanol–water partition coefficient (Wildman–Crippen LogP) is 23.2. The molecule has 446 valence electrons. The van der Waals surface area contributed by atoms with E-state index < -0.39 is 0 Å². The van der Waals surface area contributed by atoms with E-state index in [4.69, 9.17) is 15.3 Å². The molecule has 14 aromatic rings. The molecule has 0 fully saturated rings. The third kappa shape index (κ3) is 11.5. The third-order valence-corrected chi connectivity index (χ3v) is 18.3. The summed E-state index contributed by atoms with van der Waals surface area (Å²) in [5, 5.41) is 13.3. The summed E-state index contributed by atoms with van der Waals surface area (Å²) in [6, 6.07) is 104. The summed E-state index contributed by atoms with van der Waals surface area (Å²) >= 11 is 1.22. The van der Waals surface area contributed by atoms with Crippen molar-refractivity contribution in [3.05, 3.63) is 347 Å². The second-order valence-corrected chi connectivity index (χ2v) is 26.2. The van der Waals surface area contributed by atoms with E-state index in [0.717, 1.165) is 112 Å². The predicted molar refractivity (Wildman–Crippen MR) is 390 cm³/mol. The van der Waals surface area contributed by atoms with E-state index in [9.17, 15) is 5.26 Å². The van der Waals surface area contributed by atoms with E-state index in [0.29, 0.717) is 11.3 Å². The molecule has 0 unspecified atom stereocenters. The number of aromatic nitrogens is 3. The SMILES string of the molecule is [C-]#[N+]C(=C(c1ccccc1)c1ccccc1)c1ccc(-c2ccc(N(c3ccc(-c4ccc(C(C#N)=C(c5ccccc5)c5ccccc5)cc4)cc3)c3ccc(-c4ccc(-n5c6ccc(C(C)(C)C)cc6c6cc(C(C)(C)C)ccc65)cc4)c4nsnc34)cc2)cc1. The van der Waals surface area contributed by atoms with E-state index >= 15 is 0 Å².